The average Bonchev–Trinajstić information content (AvgIpc) is 2.38. The van der Waals surface area contributed by atoms with Gasteiger partial charge in [0.25, 0.3) is 0 Å². The summed E-state index contributed by atoms with van der Waals surface area (Å²) in [7, 11) is 0. The van der Waals surface area contributed by atoms with Crippen LogP contribution in [0.3, 0.4) is 0 Å². The zero-order valence-electron chi connectivity index (χ0n) is 10.2. The van der Waals surface area contributed by atoms with Crippen molar-refractivity contribution in [1.82, 2.24) is 5.32 Å². The molecule has 1 saturated heterocycles. The summed E-state index contributed by atoms with van der Waals surface area (Å²) in [5, 5.41) is 12.9. The number of phenolic OH excluding ortho intramolecular Hbond substituents is 1. The Hall–Kier alpha value is -1.47. The second-order valence-corrected chi connectivity index (χ2v) is 4.50. The van der Waals surface area contributed by atoms with Crippen molar-refractivity contribution in [3.8, 4) is 5.75 Å². The SMILES string of the molecule is N[C@@H](c1ccc(N2CCNCC2)cc1O)C(F)(F)F. The molecule has 1 aliphatic heterocycles. The molecule has 1 fully saturated rings. The molecule has 0 aliphatic carbocycles. The van der Waals surface area contributed by atoms with Crippen LogP contribution in [-0.4, -0.2) is 37.5 Å². The van der Waals surface area contributed by atoms with Crippen LogP contribution >= 0.6 is 0 Å². The Kier molecular flexibility index (Phi) is 3.86. The zero-order chi connectivity index (χ0) is 14.0. The van der Waals surface area contributed by atoms with Crippen LogP contribution in [0.4, 0.5) is 18.9 Å². The molecular weight excluding hydrogens is 259 g/mol. The summed E-state index contributed by atoms with van der Waals surface area (Å²) in [6.45, 7) is 3.13. The summed E-state index contributed by atoms with van der Waals surface area (Å²) in [5.74, 6) is -0.416. The monoisotopic (exact) mass is 275 g/mol. The molecule has 4 nitrogen and oxygen atoms in total. The van der Waals surface area contributed by atoms with Crippen LogP contribution in [0.1, 0.15) is 11.6 Å². The number of hydrogen-bond donors (Lipinski definition) is 3. The minimum absolute atomic E-state index is 0.300. The van der Waals surface area contributed by atoms with E-state index in [2.05, 4.69) is 5.32 Å². The van der Waals surface area contributed by atoms with Crippen LogP contribution in [0.25, 0.3) is 0 Å². The number of piperazine rings is 1. The van der Waals surface area contributed by atoms with Crippen LogP contribution in [-0.2, 0) is 0 Å². The Balaban J connectivity index is 2.21. The normalized spacial score (nSPS) is 18.4. The van der Waals surface area contributed by atoms with E-state index in [1.807, 2.05) is 4.90 Å². The number of rotatable bonds is 2. The number of nitrogens with zero attached hydrogens (tertiary/aromatic N) is 1. The lowest BCUT2D eigenvalue weighted by atomic mass is 10.0. The Morgan fingerprint density at radius 2 is 1.89 bits per heavy atom. The van der Waals surface area contributed by atoms with Gasteiger partial charge in [0.1, 0.15) is 11.8 Å². The lowest BCUT2D eigenvalue weighted by Gasteiger charge is -2.30. The largest absolute Gasteiger partial charge is 0.508 e. The fraction of sp³-hybridized carbons (Fsp3) is 0.500. The third-order valence-electron chi connectivity index (χ3n) is 3.18. The molecule has 7 heteroatoms. The van der Waals surface area contributed by atoms with Gasteiger partial charge >= 0.3 is 6.18 Å². The topological polar surface area (TPSA) is 61.5 Å². The van der Waals surface area contributed by atoms with E-state index in [1.165, 1.54) is 12.1 Å². The number of anilines is 1. The van der Waals surface area contributed by atoms with E-state index in [-0.39, 0.29) is 5.56 Å². The quantitative estimate of drug-likeness (QED) is 0.763. The van der Waals surface area contributed by atoms with Gasteiger partial charge in [-0.1, -0.05) is 6.07 Å². The second kappa shape index (κ2) is 5.26. The molecule has 1 aromatic rings. The first-order chi connectivity index (χ1) is 8.89. The highest BCUT2D eigenvalue weighted by Gasteiger charge is 2.39. The van der Waals surface area contributed by atoms with Gasteiger partial charge in [0, 0.05) is 43.5 Å². The summed E-state index contributed by atoms with van der Waals surface area (Å²) < 4.78 is 37.5. The lowest BCUT2D eigenvalue weighted by molar-refractivity contribution is -0.149. The first-order valence-electron chi connectivity index (χ1n) is 6.00. The number of phenols is 1. The van der Waals surface area contributed by atoms with Crippen molar-refractivity contribution in [2.45, 2.75) is 12.2 Å². The minimum atomic E-state index is -4.56. The second-order valence-electron chi connectivity index (χ2n) is 4.50. The van der Waals surface area contributed by atoms with Crippen LogP contribution in [0.15, 0.2) is 18.2 Å². The van der Waals surface area contributed by atoms with Gasteiger partial charge in [-0.25, -0.2) is 0 Å². The fourth-order valence-corrected chi connectivity index (χ4v) is 2.09. The molecule has 2 rings (SSSR count). The molecule has 1 atom stereocenters. The van der Waals surface area contributed by atoms with E-state index in [0.717, 1.165) is 26.2 Å². The molecule has 0 radical (unpaired) electrons. The van der Waals surface area contributed by atoms with E-state index in [1.54, 1.807) is 6.07 Å². The maximum absolute atomic E-state index is 12.5. The molecule has 1 aromatic carbocycles. The number of nitrogens with one attached hydrogen (secondary N) is 1. The van der Waals surface area contributed by atoms with Gasteiger partial charge < -0.3 is 21.1 Å². The smallest absolute Gasteiger partial charge is 0.407 e. The predicted molar refractivity (Wildman–Crippen MR) is 66.2 cm³/mol. The highest BCUT2D eigenvalue weighted by Crippen LogP contribution is 2.36. The van der Waals surface area contributed by atoms with Crippen LogP contribution < -0.4 is 16.0 Å². The van der Waals surface area contributed by atoms with E-state index in [0.29, 0.717) is 5.69 Å². The van der Waals surface area contributed by atoms with E-state index >= 15 is 0 Å². The molecule has 4 N–H and O–H groups in total. The molecule has 19 heavy (non-hydrogen) atoms. The number of nitrogens with two attached hydrogens (primary N) is 1. The van der Waals surface area contributed by atoms with Crippen molar-refractivity contribution in [2.75, 3.05) is 31.1 Å². The van der Waals surface area contributed by atoms with Gasteiger partial charge in [-0.3, -0.25) is 0 Å². The minimum Gasteiger partial charge on any atom is -0.508 e. The van der Waals surface area contributed by atoms with Crippen LogP contribution in [0.5, 0.6) is 5.75 Å². The van der Waals surface area contributed by atoms with Gasteiger partial charge in [-0.15, -0.1) is 0 Å². The molecule has 0 aromatic heterocycles. The Labute approximate surface area is 109 Å². The molecule has 0 saturated carbocycles. The first kappa shape index (κ1) is 14.0. The third kappa shape index (κ3) is 3.10. The maximum atomic E-state index is 12.5. The van der Waals surface area contributed by atoms with Gasteiger partial charge in [-0.2, -0.15) is 13.2 Å². The average molecular weight is 275 g/mol. The fourth-order valence-electron chi connectivity index (χ4n) is 2.09. The lowest BCUT2D eigenvalue weighted by Crippen LogP contribution is -2.43. The number of hydrogen-bond acceptors (Lipinski definition) is 4. The van der Waals surface area contributed by atoms with Crippen molar-refractivity contribution in [3.63, 3.8) is 0 Å². The van der Waals surface area contributed by atoms with Gasteiger partial charge in [0.2, 0.25) is 0 Å². The first-order valence-corrected chi connectivity index (χ1v) is 6.00. The molecule has 1 aliphatic rings. The van der Waals surface area contributed by atoms with E-state index < -0.39 is 18.0 Å². The highest BCUT2D eigenvalue weighted by atomic mass is 19.4. The number of alkyl halides is 3. The Bertz CT molecular complexity index is 444. The maximum Gasteiger partial charge on any atom is 0.407 e. The molecule has 106 valence electrons. The third-order valence-corrected chi connectivity index (χ3v) is 3.18. The van der Waals surface area contributed by atoms with Gasteiger partial charge in [-0.05, 0) is 6.07 Å². The number of halogens is 3. The Morgan fingerprint density at radius 3 is 2.42 bits per heavy atom. The van der Waals surface area contributed by atoms with Gasteiger partial charge in [0.15, 0.2) is 0 Å². The molecule has 0 bridgehead atoms. The molecular formula is C12H16F3N3O. The number of benzene rings is 1. The Morgan fingerprint density at radius 1 is 1.26 bits per heavy atom. The van der Waals surface area contributed by atoms with Crippen molar-refractivity contribution >= 4 is 5.69 Å². The summed E-state index contributed by atoms with van der Waals surface area (Å²) in [6.07, 6.45) is -4.56. The van der Waals surface area contributed by atoms with Crippen LogP contribution in [0.2, 0.25) is 0 Å². The molecule has 0 unspecified atom stereocenters. The van der Waals surface area contributed by atoms with Gasteiger partial charge in [0.05, 0.1) is 0 Å². The summed E-state index contributed by atoms with van der Waals surface area (Å²) in [4.78, 5) is 2.00. The summed E-state index contributed by atoms with van der Waals surface area (Å²) in [6, 6.07) is 1.98. The summed E-state index contributed by atoms with van der Waals surface area (Å²) in [5.41, 5.74) is 5.50. The number of aromatic hydroxyl groups is 1. The predicted octanol–water partition coefficient (Wildman–Crippen LogP) is 1.36. The zero-order valence-corrected chi connectivity index (χ0v) is 10.2. The van der Waals surface area contributed by atoms with Crippen molar-refractivity contribution in [2.24, 2.45) is 5.73 Å². The molecule has 1 heterocycles. The van der Waals surface area contributed by atoms with E-state index in [4.69, 9.17) is 5.73 Å². The van der Waals surface area contributed by atoms with E-state index in [9.17, 15) is 18.3 Å². The highest BCUT2D eigenvalue weighted by molar-refractivity contribution is 5.54. The van der Waals surface area contributed by atoms with Crippen LogP contribution in [0, 0.1) is 0 Å². The van der Waals surface area contributed by atoms with Crippen molar-refractivity contribution in [3.05, 3.63) is 23.8 Å². The van der Waals surface area contributed by atoms with Crippen molar-refractivity contribution < 1.29 is 18.3 Å². The molecule has 0 spiro atoms. The summed E-state index contributed by atoms with van der Waals surface area (Å²) >= 11 is 0. The standard InChI is InChI=1S/C12H16F3N3O/c13-12(14,15)11(16)9-2-1-8(7-10(9)19)18-5-3-17-4-6-18/h1-2,7,11,17,19H,3-6,16H2/t11-/m0/s1. The molecule has 0 amide bonds. The van der Waals surface area contributed by atoms with Crippen molar-refractivity contribution in [1.29, 1.82) is 0 Å².